The van der Waals surface area contributed by atoms with Crippen LogP contribution in [-0.2, 0) is 21.3 Å². The van der Waals surface area contributed by atoms with Crippen molar-refractivity contribution in [2.45, 2.75) is 75.7 Å². The van der Waals surface area contributed by atoms with Crippen LogP contribution in [0.4, 0.5) is 0 Å². The molecular weight excluding hydrogens is 672 g/mol. The first kappa shape index (κ1) is 35.1. The fourth-order valence-corrected chi connectivity index (χ4v) is 8.44. The Balaban J connectivity index is 0.697. The van der Waals surface area contributed by atoms with Crippen LogP contribution in [0.2, 0.25) is 0 Å². The molecule has 11 nitrogen and oxygen atoms in total. The monoisotopic (exact) mass is 718 g/mol. The Labute approximate surface area is 308 Å². The van der Waals surface area contributed by atoms with Gasteiger partial charge in [0.2, 0.25) is 5.88 Å². The van der Waals surface area contributed by atoms with E-state index in [4.69, 9.17) is 23.7 Å². The molecule has 53 heavy (non-hydrogen) atoms. The van der Waals surface area contributed by atoms with Crippen LogP contribution in [0.25, 0.3) is 32.9 Å². The molecule has 3 heterocycles. The van der Waals surface area contributed by atoms with Crippen molar-refractivity contribution in [1.82, 2.24) is 19.9 Å². The zero-order valence-corrected chi connectivity index (χ0v) is 30.5. The van der Waals surface area contributed by atoms with Crippen molar-refractivity contribution in [3.05, 3.63) is 84.3 Å². The second-order valence-electron chi connectivity index (χ2n) is 14.9. The van der Waals surface area contributed by atoms with Crippen molar-refractivity contribution < 1.29 is 33.3 Å². The highest BCUT2D eigenvalue weighted by molar-refractivity contribution is 6.08. The summed E-state index contributed by atoms with van der Waals surface area (Å²) in [5.41, 5.74) is 5.29. The third kappa shape index (κ3) is 7.20. The summed E-state index contributed by atoms with van der Waals surface area (Å²) in [7, 11) is 4.64. The minimum atomic E-state index is -0.612. The van der Waals surface area contributed by atoms with Crippen molar-refractivity contribution in [3.8, 4) is 22.8 Å². The molecule has 0 atom stereocenters. The summed E-state index contributed by atoms with van der Waals surface area (Å²) in [5.74, 6) is -0.0175. The van der Waals surface area contributed by atoms with Gasteiger partial charge in [-0.15, -0.1) is 0 Å². The SMILES string of the molecule is COC(=O)c1ccc(OCCCCOC2CC3(CC(N[C@H]4C[C@H](Oc5ccc(-c6ccc7c8cnccc8n(C)c7c6)cn5)C4)C3)C2)cc1C(=O)OC. The maximum atomic E-state index is 12.1. The number of esters is 2. The molecule has 1 spiro atoms. The van der Waals surface area contributed by atoms with E-state index in [9.17, 15) is 9.59 Å². The summed E-state index contributed by atoms with van der Waals surface area (Å²) in [6.45, 7) is 1.20. The normalized spacial score (nSPS) is 23.2. The van der Waals surface area contributed by atoms with Gasteiger partial charge in [0.1, 0.15) is 11.9 Å². The molecule has 0 saturated heterocycles. The Morgan fingerprint density at radius 3 is 2.34 bits per heavy atom. The molecule has 5 aromatic rings. The van der Waals surface area contributed by atoms with Gasteiger partial charge in [-0.3, -0.25) is 4.98 Å². The summed E-state index contributed by atoms with van der Waals surface area (Å²) in [4.78, 5) is 33.0. The number of benzene rings is 2. The summed E-state index contributed by atoms with van der Waals surface area (Å²) < 4.78 is 30.0. The lowest BCUT2D eigenvalue weighted by Gasteiger charge is -2.58. The summed E-state index contributed by atoms with van der Waals surface area (Å²) in [5, 5.41) is 6.24. The van der Waals surface area contributed by atoms with E-state index in [-0.39, 0.29) is 17.2 Å². The quantitative estimate of drug-likeness (QED) is 0.0944. The van der Waals surface area contributed by atoms with E-state index in [1.807, 2.05) is 24.7 Å². The first-order chi connectivity index (χ1) is 25.8. The first-order valence-corrected chi connectivity index (χ1v) is 18.6. The lowest BCUT2D eigenvalue weighted by Crippen LogP contribution is -2.61. The minimum absolute atomic E-state index is 0.124. The van der Waals surface area contributed by atoms with E-state index in [1.165, 1.54) is 61.0 Å². The van der Waals surface area contributed by atoms with Crippen LogP contribution in [-0.4, -0.2) is 78.2 Å². The summed E-state index contributed by atoms with van der Waals surface area (Å²) in [6, 6.07) is 18.5. The zero-order chi connectivity index (χ0) is 36.5. The highest BCUT2D eigenvalue weighted by atomic mass is 16.5. The smallest absolute Gasteiger partial charge is 0.338 e. The van der Waals surface area contributed by atoms with Gasteiger partial charge < -0.3 is 33.6 Å². The Morgan fingerprint density at radius 1 is 0.792 bits per heavy atom. The van der Waals surface area contributed by atoms with Gasteiger partial charge in [0.15, 0.2) is 0 Å². The molecule has 1 N–H and O–H groups in total. The molecule has 3 aliphatic carbocycles. The van der Waals surface area contributed by atoms with Gasteiger partial charge in [-0.25, -0.2) is 14.6 Å². The van der Waals surface area contributed by atoms with Crippen LogP contribution in [0.3, 0.4) is 0 Å². The second-order valence-corrected chi connectivity index (χ2v) is 14.9. The predicted molar refractivity (Wildman–Crippen MR) is 200 cm³/mol. The third-order valence-electron chi connectivity index (χ3n) is 11.4. The number of rotatable bonds is 14. The van der Waals surface area contributed by atoms with Gasteiger partial charge in [0, 0.05) is 72.2 Å². The average Bonchev–Trinajstić information content (AvgIpc) is 3.43. The van der Waals surface area contributed by atoms with Crippen molar-refractivity contribution >= 4 is 33.7 Å². The van der Waals surface area contributed by atoms with E-state index in [0.717, 1.165) is 49.7 Å². The first-order valence-electron chi connectivity index (χ1n) is 18.6. The third-order valence-corrected chi connectivity index (χ3v) is 11.4. The number of nitrogens with one attached hydrogen (secondary N) is 1. The maximum absolute atomic E-state index is 12.1. The van der Waals surface area contributed by atoms with Crippen LogP contribution < -0.4 is 14.8 Å². The number of carbonyl (C=O) groups excluding carboxylic acids is 2. The molecule has 8 rings (SSSR count). The standard InChI is InChI=1S/C42H46N4O7/c1-46-37-12-13-43-25-36(37)33-9-6-26(16-38(33)46)27-7-11-39(44-24-27)53-31-17-28(18-31)45-29-20-42(21-29)22-32(23-42)52-15-5-4-14-51-30-8-10-34(40(47)49-2)35(19-30)41(48)50-3/h6-13,16,19,24-25,28-29,31-32,45H,4-5,14-15,17-18,20-23H2,1-3H3/t28-,29?,31-,32?,42?. The topological polar surface area (TPSA) is 123 Å². The number of hydrogen-bond acceptors (Lipinski definition) is 10. The molecule has 0 unspecified atom stereocenters. The molecule has 11 heteroatoms. The number of carbonyl (C=O) groups is 2. The Hall–Kier alpha value is -5.00. The molecule has 276 valence electrons. The van der Waals surface area contributed by atoms with Crippen LogP contribution in [0.1, 0.15) is 72.1 Å². The minimum Gasteiger partial charge on any atom is -0.494 e. The Kier molecular flexibility index (Phi) is 9.78. The van der Waals surface area contributed by atoms with Crippen LogP contribution in [0.5, 0.6) is 11.6 Å². The number of pyridine rings is 2. The lowest BCUT2D eigenvalue weighted by molar-refractivity contribution is -0.131. The summed E-state index contributed by atoms with van der Waals surface area (Å²) in [6.07, 6.45) is 14.7. The Morgan fingerprint density at radius 2 is 1.57 bits per heavy atom. The lowest BCUT2D eigenvalue weighted by atomic mass is 9.52. The number of methoxy groups -OCH3 is 2. The molecule has 0 bridgehead atoms. The van der Waals surface area contributed by atoms with Gasteiger partial charge in [0.05, 0.1) is 43.6 Å². The molecule has 3 saturated carbocycles. The fraction of sp³-hybridized carbons (Fsp3) is 0.429. The Bertz CT molecular complexity index is 2110. The van der Waals surface area contributed by atoms with Gasteiger partial charge in [-0.1, -0.05) is 12.1 Å². The van der Waals surface area contributed by atoms with Crippen molar-refractivity contribution in [3.63, 3.8) is 0 Å². The van der Waals surface area contributed by atoms with Gasteiger partial charge in [0.25, 0.3) is 0 Å². The predicted octanol–water partition coefficient (Wildman–Crippen LogP) is 7.05. The van der Waals surface area contributed by atoms with Gasteiger partial charge in [-0.05, 0) is 98.7 Å². The van der Waals surface area contributed by atoms with E-state index < -0.39 is 11.9 Å². The van der Waals surface area contributed by atoms with Crippen molar-refractivity contribution in [2.24, 2.45) is 12.5 Å². The highest BCUT2D eigenvalue weighted by Crippen LogP contribution is 2.57. The highest BCUT2D eigenvalue weighted by Gasteiger charge is 2.54. The van der Waals surface area contributed by atoms with Gasteiger partial charge in [-0.2, -0.15) is 0 Å². The molecule has 3 fully saturated rings. The molecular formula is C42H46N4O7. The van der Waals surface area contributed by atoms with Crippen LogP contribution in [0.15, 0.2) is 73.2 Å². The number of aryl methyl sites for hydroxylation is 1. The van der Waals surface area contributed by atoms with E-state index in [0.29, 0.717) is 48.4 Å². The molecule has 0 radical (unpaired) electrons. The number of hydrogen-bond donors (Lipinski definition) is 1. The zero-order valence-electron chi connectivity index (χ0n) is 30.5. The number of nitrogens with zero attached hydrogens (tertiary/aromatic N) is 3. The molecule has 2 aromatic carbocycles. The summed E-state index contributed by atoms with van der Waals surface area (Å²) >= 11 is 0. The van der Waals surface area contributed by atoms with Crippen molar-refractivity contribution in [2.75, 3.05) is 27.4 Å². The average molecular weight is 719 g/mol. The van der Waals surface area contributed by atoms with E-state index in [2.05, 4.69) is 57.2 Å². The van der Waals surface area contributed by atoms with Crippen LogP contribution >= 0.6 is 0 Å². The van der Waals surface area contributed by atoms with Gasteiger partial charge >= 0.3 is 11.9 Å². The largest absolute Gasteiger partial charge is 0.494 e. The molecule has 0 aliphatic heterocycles. The van der Waals surface area contributed by atoms with E-state index in [1.54, 1.807) is 6.07 Å². The number of unbranched alkanes of at least 4 members (excludes halogenated alkanes) is 1. The molecule has 3 aromatic heterocycles. The number of aromatic nitrogens is 3. The van der Waals surface area contributed by atoms with E-state index >= 15 is 0 Å². The second kappa shape index (κ2) is 14.8. The molecule has 3 aliphatic rings. The maximum Gasteiger partial charge on any atom is 0.338 e. The number of fused-ring (bicyclic) bond motifs is 3. The van der Waals surface area contributed by atoms with Crippen LogP contribution in [0, 0.1) is 5.41 Å². The number of ether oxygens (including phenoxy) is 5. The van der Waals surface area contributed by atoms with Crippen molar-refractivity contribution in [1.29, 1.82) is 0 Å². The molecule has 0 amide bonds. The fourth-order valence-electron chi connectivity index (χ4n) is 8.44.